The minimum absolute atomic E-state index is 0.406. The Balaban J connectivity index is 2.20. The molecule has 6 heteroatoms. The van der Waals surface area contributed by atoms with Crippen molar-refractivity contribution in [1.82, 2.24) is 9.97 Å². The molecule has 0 amide bonds. The van der Waals surface area contributed by atoms with Crippen molar-refractivity contribution in [2.24, 2.45) is 11.8 Å². The predicted molar refractivity (Wildman–Crippen MR) is 70.1 cm³/mol. The summed E-state index contributed by atoms with van der Waals surface area (Å²) in [5.74, 6) is 7.23. The molecule has 0 spiro atoms. The largest absolute Gasteiger partial charge is 0.355 e. The van der Waals surface area contributed by atoms with Gasteiger partial charge in [-0.05, 0) is 18.8 Å². The molecule has 0 radical (unpaired) electrons. The van der Waals surface area contributed by atoms with Crippen LogP contribution in [0.25, 0.3) is 0 Å². The number of anilines is 2. The number of nitrogens with zero attached hydrogens (tertiary/aromatic N) is 3. The van der Waals surface area contributed by atoms with Crippen LogP contribution in [-0.2, 0) is 0 Å². The molecule has 1 aromatic heterocycles. The lowest BCUT2D eigenvalue weighted by Crippen LogP contribution is -2.36. The molecule has 2 heterocycles. The van der Waals surface area contributed by atoms with E-state index in [4.69, 9.17) is 17.4 Å². The monoisotopic (exact) mass is 255 g/mol. The number of nitrogen functional groups attached to an aromatic ring is 1. The molecule has 5 nitrogen and oxygen atoms in total. The van der Waals surface area contributed by atoms with Gasteiger partial charge in [-0.2, -0.15) is 4.98 Å². The summed E-state index contributed by atoms with van der Waals surface area (Å²) < 4.78 is 0. The van der Waals surface area contributed by atoms with E-state index in [2.05, 4.69) is 27.2 Å². The van der Waals surface area contributed by atoms with Gasteiger partial charge in [-0.3, -0.25) is 5.43 Å². The molecule has 1 atom stereocenters. The molecule has 2 rings (SSSR count). The molecule has 1 saturated heterocycles. The van der Waals surface area contributed by atoms with Crippen LogP contribution in [0.4, 0.5) is 11.8 Å². The average Bonchev–Trinajstić information content (AvgIpc) is 2.39. The number of rotatable bonds is 3. The molecule has 1 aliphatic rings. The SMILES string of the molecule is CCC1CCCN(c2nc(NN)ncc2Cl)C1. The lowest BCUT2D eigenvalue weighted by atomic mass is 9.96. The van der Waals surface area contributed by atoms with Crippen molar-refractivity contribution >= 4 is 23.4 Å². The summed E-state index contributed by atoms with van der Waals surface area (Å²) in [7, 11) is 0. The van der Waals surface area contributed by atoms with Crippen molar-refractivity contribution in [3.63, 3.8) is 0 Å². The minimum Gasteiger partial charge on any atom is -0.355 e. The molecule has 0 bridgehead atoms. The first-order chi connectivity index (χ1) is 8.24. The van der Waals surface area contributed by atoms with Gasteiger partial charge in [0.05, 0.1) is 6.20 Å². The van der Waals surface area contributed by atoms with E-state index in [0.29, 0.717) is 11.0 Å². The molecular weight excluding hydrogens is 238 g/mol. The van der Waals surface area contributed by atoms with Crippen molar-refractivity contribution < 1.29 is 0 Å². The molecule has 0 aliphatic carbocycles. The van der Waals surface area contributed by atoms with Crippen LogP contribution in [0.15, 0.2) is 6.20 Å². The van der Waals surface area contributed by atoms with E-state index in [1.807, 2.05) is 0 Å². The maximum Gasteiger partial charge on any atom is 0.239 e. The van der Waals surface area contributed by atoms with E-state index in [0.717, 1.165) is 24.8 Å². The number of nitrogens with one attached hydrogen (secondary N) is 1. The zero-order valence-electron chi connectivity index (χ0n) is 9.99. The van der Waals surface area contributed by atoms with E-state index in [9.17, 15) is 0 Å². The summed E-state index contributed by atoms with van der Waals surface area (Å²) in [6, 6.07) is 0. The fourth-order valence-electron chi connectivity index (χ4n) is 2.24. The third-order valence-electron chi connectivity index (χ3n) is 3.25. The van der Waals surface area contributed by atoms with Crippen LogP contribution in [0.3, 0.4) is 0 Å². The Morgan fingerprint density at radius 3 is 3.18 bits per heavy atom. The Morgan fingerprint density at radius 1 is 1.65 bits per heavy atom. The standard InChI is InChI=1S/C11H18ClN5/c1-2-8-4-3-5-17(7-8)10-9(12)6-14-11(15-10)16-13/h6,8H,2-5,7,13H2,1H3,(H,14,15,16). The summed E-state index contributed by atoms with van der Waals surface area (Å²) >= 11 is 6.14. The molecule has 0 saturated carbocycles. The predicted octanol–water partition coefficient (Wildman–Crippen LogP) is 2.04. The van der Waals surface area contributed by atoms with Crippen LogP contribution in [-0.4, -0.2) is 23.1 Å². The summed E-state index contributed by atoms with van der Waals surface area (Å²) in [5.41, 5.74) is 2.45. The number of piperidine rings is 1. The van der Waals surface area contributed by atoms with Crippen molar-refractivity contribution in [2.45, 2.75) is 26.2 Å². The molecule has 94 valence electrons. The second-order valence-corrected chi connectivity index (χ2v) is 4.78. The first-order valence-corrected chi connectivity index (χ1v) is 6.36. The Kier molecular flexibility index (Phi) is 4.02. The molecule has 17 heavy (non-hydrogen) atoms. The second-order valence-electron chi connectivity index (χ2n) is 4.37. The summed E-state index contributed by atoms with van der Waals surface area (Å²) in [6.45, 7) is 4.23. The highest BCUT2D eigenvalue weighted by atomic mass is 35.5. The van der Waals surface area contributed by atoms with Crippen LogP contribution >= 0.6 is 11.6 Å². The normalized spacial score (nSPS) is 20.4. The summed E-state index contributed by atoms with van der Waals surface area (Å²) in [5, 5.41) is 0.584. The van der Waals surface area contributed by atoms with Crippen LogP contribution in [0.1, 0.15) is 26.2 Å². The Labute approximate surface area is 106 Å². The third kappa shape index (κ3) is 2.79. The molecule has 1 aromatic rings. The maximum atomic E-state index is 6.14. The number of hydrogen-bond acceptors (Lipinski definition) is 5. The Morgan fingerprint density at radius 2 is 2.47 bits per heavy atom. The molecule has 1 fully saturated rings. The van der Waals surface area contributed by atoms with E-state index in [-0.39, 0.29) is 0 Å². The van der Waals surface area contributed by atoms with Gasteiger partial charge in [0.2, 0.25) is 5.95 Å². The van der Waals surface area contributed by atoms with Crippen molar-refractivity contribution in [3.05, 3.63) is 11.2 Å². The Hall–Kier alpha value is -1.07. The number of halogens is 1. The van der Waals surface area contributed by atoms with Gasteiger partial charge >= 0.3 is 0 Å². The van der Waals surface area contributed by atoms with Crippen molar-refractivity contribution in [2.75, 3.05) is 23.4 Å². The van der Waals surface area contributed by atoms with Crippen LogP contribution < -0.4 is 16.2 Å². The number of hydrogen-bond donors (Lipinski definition) is 2. The van der Waals surface area contributed by atoms with Crippen LogP contribution in [0, 0.1) is 5.92 Å². The Bertz CT molecular complexity index is 384. The summed E-state index contributed by atoms with van der Waals surface area (Å²) in [4.78, 5) is 10.5. The quantitative estimate of drug-likeness (QED) is 0.639. The van der Waals surface area contributed by atoms with E-state index in [1.54, 1.807) is 6.20 Å². The maximum absolute atomic E-state index is 6.14. The smallest absolute Gasteiger partial charge is 0.239 e. The minimum atomic E-state index is 0.406. The highest BCUT2D eigenvalue weighted by molar-refractivity contribution is 6.32. The topological polar surface area (TPSA) is 67.1 Å². The molecule has 0 aromatic carbocycles. The number of nitrogens with two attached hydrogens (primary N) is 1. The van der Waals surface area contributed by atoms with Crippen LogP contribution in [0.2, 0.25) is 5.02 Å². The van der Waals surface area contributed by atoms with E-state index < -0.39 is 0 Å². The zero-order valence-corrected chi connectivity index (χ0v) is 10.7. The molecular formula is C11H18ClN5. The number of aromatic nitrogens is 2. The number of hydrazine groups is 1. The van der Waals surface area contributed by atoms with Gasteiger partial charge < -0.3 is 4.90 Å². The highest BCUT2D eigenvalue weighted by Gasteiger charge is 2.21. The van der Waals surface area contributed by atoms with Crippen molar-refractivity contribution in [3.8, 4) is 0 Å². The van der Waals surface area contributed by atoms with Crippen LogP contribution in [0.5, 0.6) is 0 Å². The van der Waals surface area contributed by atoms with Gasteiger partial charge in [0.25, 0.3) is 0 Å². The van der Waals surface area contributed by atoms with E-state index in [1.165, 1.54) is 19.3 Å². The average molecular weight is 256 g/mol. The summed E-state index contributed by atoms with van der Waals surface area (Å²) in [6.07, 6.45) is 5.26. The first-order valence-electron chi connectivity index (χ1n) is 5.98. The first kappa shape index (κ1) is 12.4. The fourth-order valence-corrected chi connectivity index (χ4v) is 2.45. The lowest BCUT2D eigenvalue weighted by molar-refractivity contribution is 0.403. The van der Waals surface area contributed by atoms with Crippen molar-refractivity contribution in [1.29, 1.82) is 0 Å². The highest BCUT2D eigenvalue weighted by Crippen LogP contribution is 2.28. The van der Waals surface area contributed by atoms with Gasteiger partial charge in [0.1, 0.15) is 5.02 Å². The van der Waals surface area contributed by atoms with E-state index >= 15 is 0 Å². The van der Waals surface area contributed by atoms with Gasteiger partial charge in [-0.1, -0.05) is 24.9 Å². The molecule has 1 unspecified atom stereocenters. The molecule has 3 N–H and O–H groups in total. The van der Waals surface area contributed by atoms with Gasteiger partial charge in [-0.15, -0.1) is 0 Å². The third-order valence-corrected chi connectivity index (χ3v) is 3.52. The van der Waals surface area contributed by atoms with Gasteiger partial charge in [0.15, 0.2) is 5.82 Å². The second kappa shape index (κ2) is 5.51. The van der Waals surface area contributed by atoms with Gasteiger partial charge in [-0.25, -0.2) is 10.8 Å². The molecule has 1 aliphatic heterocycles. The fraction of sp³-hybridized carbons (Fsp3) is 0.636. The lowest BCUT2D eigenvalue weighted by Gasteiger charge is -2.33. The zero-order chi connectivity index (χ0) is 12.3. The van der Waals surface area contributed by atoms with Gasteiger partial charge in [0, 0.05) is 13.1 Å².